The van der Waals surface area contributed by atoms with Crippen LogP contribution < -0.4 is 0 Å². The number of likely N-dealkylation sites (tertiary alicyclic amines) is 1. The summed E-state index contributed by atoms with van der Waals surface area (Å²) in [5, 5.41) is 0. The van der Waals surface area contributed by atoms with Gasteiger partial charge < -0.3 is 0 Å². The van der Waals surface area contributed by atoms with Crippen molar-refractivity contribution in [2.45, 2.75) is 45.7 Å². The second-order valence-corrected chi connectivity index (χ2v) is 5.04. The number of pyridine rings is 1. The molecule has 0 N–H and O–H groups in total. The van der Waals surface area contributed by atoms with Gasteiger partial charge in [0.25, 0.3) is 0 Å². The second kappa shape index (κ2) is 5.41. The third-order valence-electron chi connectivity index (χ3n) is 3.34. The third kappa shape index (κ3) is 3.37. The Kier molecular flexibility index (Phi) is 3.89. The maximum Gasteiger partial charge on any atom is 0.131 e. The largest absolute Gasteiger partial charge is 0.300 e. The Labute approximate surface area is 103 Å². The van der Waals surface area contributed by atoms with Crippen LogP contribution in [-0.2, 0) is 11.3 Å². The number of Topliss-reactive ketones (excluding diaryl/α,β-unsaturated/α-hetero) is 1. The van der Waals surface area contributed by atoms with Gasteiger partial charge in [-0.2, -0.15) is 0 Å². The molecule has 1 atom stereocenters. The first-order chi connectivity index (χ1) is 8.15. The van der Waals surface area contributed by atoms with Gasteiger partial charge in [-0.15, -0.1) is 0 Å². The van der Waals surface area contributed by atoms with E-state index in [4.69, 9.17) is 0 Å². The summed E-state index contributed by atoms with van der Waals surface area (Å²) in [5.41, 5.74) is 2.45. The van der Waals surface area contributed by atoms with Gasteiger partial charge in [0.05, 0.1) is 0 Å². The molecule has 0 radical (unpaired) electrons. The van der Waals surface area contributed by atoms with Crippen molar-refractivity contribution >= 4 is 5.78 Å². The number of nitrogens with zero attached hydrogens (tertiary/aromatic N) is 2. The fourth-order valence-electron chi connectivity index (χ4n) is 2.60. The molecule has 0 aliphatic carbocycles. The molecule has 3 nitrogen and oxygen atoms in total. The zero-order valence-corrected chi connectivity index (χ0v) is 10.6. The maximum absolute atomic E-state index is 11.2. The lowest BCUT2D eigenvalue weighted by atomic mass is 10.1. The number of aryl methyl sites for hydroxylation is 1. The molecule has 0 amide bonds. The molecule has 1 aliphatic rings. The standard InChI is InChI=1S/C14H20N2O/c1-11-6-13(9-15-8-11)10-16-5-3-4-14(16)7-12(2)17/h6,8-9,14H,3-5,7,10H2,1-2H3. The fourth-order valence-corrected chi connectivity index (χ4v) is 2.60. The lowest BCUT2D eigenvalue weighted by Gasteiger charge is -2.23. The Hall–Kier alpha value is -1.22. The summed E-state index contributed by atoms with van der Waals surface area (Å²) in [6.45, 7) is 5.77. The van der Waals surface area contributed by atoms with Crippen molar-refractivity contribution in [1.29, 1.82) is 0 Å². The van der Waals surface area contributed by atoms with Crippen molar-refractivity contribution in [3.63, 3.8) is 0 Å². The van der Waals surface area contributed by atoms with Gasteiger partial charge in [0, 0.05) is 31.4 Å². The van der Waals surface area contributed by atoms with Crippen molar-refractivity contribution in [2.24, 2.45) is 0 Å². The molecule has 1 fully saturated rings. The molecule has 3 heteroatoms. The predicted molar refractivity (Wildman–Crippen MR) is 67.7 cm³/mol. The summed E-state index contributed by atoms with van der Waals surface area (Å²) < 4.78 is 0. The van der Waals surface area contributed by atoms with Gasteiger partial charge in [0.2, 0.25) is 0 Å². The summed E-state index contributed by atoms with van der Waals surface area (Å²) in [6.07, 6.45) is 6.85. The highest BCUT2D eigenvalue weighted by molar-refractivity contribution is 5.76. The molecular weight excluding hydrogens is 212 g/mol. The van der Waals surface area contributed by atoms with E-state index in [1.807, 2.05) is 12.4 Å². The Morgan fingerprint density at radius 2 is 2.35 bits per heavy atom. The molecular formula is C14H20N2O. The van der Waals surface area contributed by atoms with Crippen LogP contribution in [0.15, 0.2) is 18.5 Å². The van der Waals surface area contributed by atoms with Crippen LogP contribution in [-0.4, -0.2) is 28.3 Å². The van der Waals surface area contributed by atoms with Gasteiger partial charge in [-0.3, -0.25) is 14.7 Å². The van der Waals surface area contributed by atoms with Crippen LogP contribution in [0.2, 0.25) is 0 Å². The monoisotopic (exact) mass is 232 g/mol. The molecule has 92 valence electrons. The Morgan fingerprint density at radius 1 is 1.53 bits per heavy atom. The van der Waals surface area contributed by atoms with E-state index in [0.29, 0.717) is 18.2 Å². The van der Waals surface area contributed by atoms with E-state index in [1.54, 1.807) is 6.92 Å². The van der Waals surface area contributed by atoms with Crippen molar-refractivity contribution in [1.82, 2.24) is 9.88 Å². The van der Waals surface area contributed by atoms with Crippen LogP contribution >= 0.6 is 0 Å². The SMILES string of the molecule is CC(=O)CC1CCCN1Cc1cncc(C)c1. The molecule has 2 rings (SSSR count). The van der Waals surface area contributed by atoms with Crippen LogP contribution in [0.1, 0.15) is 37.3 Å². The van der Waals surface area contributed by atoms with Gasteiger partial charge in [0.15, 0.2) is 0 Å². The van der Waals surface area contributed by atoms with E-state index in [9.17, 15) is 4.79 Å². The number of hydrogen-bond donors (Lipinski definition) is 0. The van der Waals surface area contributed by atoms with Crippen molar-refractivity contribution < 1.29 is 4.79 Å². The van der Waals surface area contributed by atoms with Crippen LogP contribution in [0.4, 0.5) is 0 Å². The van der Waals surface area contributed by atoms with Crippen molar-refractivity contribution in [3.8, 4) is 0 Å². The van der Waals surface area contributed by atoms with Gasteiger partial charge in [-0.25, -0.2) is 0 Å². The first-order valence-electron chi connectivity index (χ1n) is 6.29. The number of aromatic nitrogens is 1. The maximum atomic E-state index is 11.2. The molecule has 0 saturated carbocycles. The van der Waals surface area contributed by atoms with E-state index < -0.39 is 0 Å². The number of carbonyl (C=O) groups is 1. The number of ketones is 1. The molecule has 2 heterocycles. The Bertz CT molecular complexity index is 403. The van der Waals surface area contributed by atoms with Crippen LogP contribution in [0.25, 0.3) is 0 Å². The van der Waals surface area contributed by atoms with Crippen LogP contribution in [0, 0.1) is 6.92 Å². The van der Waals surface area contributed by atoms with E-state index in [2.05, 4.69) is 22.9 Å². The minimum Gasteiger partial charge on any atom is -0.300 e. The quantitative estimate of drug-likeness (QED) is 0.799. The zero-order valence-electron chi connectivity index (χ0n) is 10.6. The van der Waals surface area contributed by atoms with Crippen molar-refractivity contribution in [2.75, 3.05) is 6.54 Å². The Balaban J connectivity index is 2.00. The average molecular weight is 232 g/mol. The number of hydrogen-bond acceptors (Lipinski definition) is 3. The van der Waals surface area contributed by atoms with Crippen LogP contribution in [0.3, 0.4) is 0 Å². The highest BCUT2D eigenvalue weighted by Crippen LogP contribution is 2.22. The first-order valence-corrected chi connectivity index (χ1v) is 6.29. The lowest BCUT2D eigenvalue weighted by Crippen LogP contribution is -2.30. The summed E-state index contributed by atoms with van der Waals surface area (Å²) in [6, 6.07) is 2.61. The van der Waals surface area contributed by atoms with Gasteiger partial charge >= 0.3 is 0 Å². The third-order valence-corrected chi connectivity index (χ3v) is 3.34. The minimum atomic E-state index is 0.296. The summed E-state index contributed by atoms with van der Waals surface area (Å²) in [5.74, 6) is 0.296. The average Bonchev–Trinajstić information content (AvgIpc) is 2.65. The molecule has 1 saturated heterocycles. The summed E-state index contributed by atoms with van der Waals surface area (Å²) in [4.78, 5) is 17.8. The fraction of sp³-hybridized carbons (Fsp3) is 0.571. The van der Waals surface area contributed by atoms with E-state index in [-0.39, 0.29) is 0 Å². The zero-order chi connectivity index (χ0) is 12.3. The summed E-state index contributed by atoms with van der Waals surface area (Å²) in [7, 11) is 0. The van der Waals surface area contributed by atoms with Gasteiger partial charge in [-0.1, -0.05) is 6.07 Å². The Morgan fingerprint density at radius 3 is 3.06 bits per heavy atom. The second-order valence-electron chi connectivity index (χ2n) is 5.04. The predicted octanol–water partition coefficient (Wildman–Crippen LogP) is 2.33. The van der Waals surface area contributed by atoms with Crippen molar-refractivity contribution in [3.05, 3.63) is 29.6 Å². The normalized spacial score (nSPS) is 20.7. The topological polar surface area (TPSA) is 33.2 Å². The molecule has 1 unspecified atom stereocenters. The van der Waals surface area contributed by atoms with E-state index in [1.165, 1.54) is 17.5 Å². The molecule has 17 heavy (non-hydrogen) atoms. The minimum absolute atomic E-state index is 0.296. The molecule has 1 aromatic rings. The summed E-state index contributed by atoms with van der Waals surface area (Å²) >= 11 is 0. The first kappa shape index (κ1) is 12.2. The number of carbonyl (C=O) groups excluding carboxylic acids is 1. The lowest BCUT2D eigenvalue weighted by molar-refractivity contribution is -0.118. The molecule has 1 aliphatic heterocycles. The molecule has 0 spiro atoms. The highest BCUT2D eigenvalue weighted by Gasteiger charge is 2.25. The number of rotatable bonds is 4. The smallest absolute Gasteiger partial charge is 0.131 e. The van der Waals surface area contributed by atoms with E-state index >= 15 is 0 Å². The highest BCUT2D eigenvalue weighted by atomic mass is 16.1. The van der Waals surface area contributed by atoms with Gasteiger partial charge in [-0.05, 0) is 44.4 Å². The van der Waals surface area contributed by atoms with E-state index in [0.717, 1.165) is 19.5 Å². The van der Waals surface area contributed by atoms with Crippen LogP contribution in [0.5, 0.6) is 0 Å². The molecule has 1 aromatic heterocycles. The van der Waals surface area contributed by atoms with Gasteiger partial charge in [0.1, 0.15) is 5.78 Å². The molecule has 0 bridgehead atoms. The molecule has 0 aromatic carbocycles.